The summed E-state index contributed by atoms with van der Waals surface area (Å²) in [6, 6.07) is 0. The van der Waals surface area contributed by atoms with E-state index in [1.54, 1.807) is 0 Å². The van der Waals surface area contributed by atoms with Gasteiger partial charge in [0.15, 0.2) is 6.10 Å². The van der Waals surface area contributed by atoms with Crippen LogP contribution in [0.2, 0.25) is 0 Å². The lowest BCUT2D eigenvalue weighted by atomic mass is 10.0. The highest BCUT2D eigenvalue weighted by molar-refractivity contribution is 7.47. The lowest BCUT2D eigenvalue weighted by Crippen LogP contribution is -2.30. The highest BCUT2D eigenvalue weighted by Gasteiger charge is 2.28. The Balaban J connectivity index is 4.67. The van der Waals surface area contributed by atoms with Crippen LogP contribution >= 0.6 is 15.6 Å². The van der Waals surface area contributed by atoms with Crippen molar-refractivity contribution in [2.24, 2.45) is 0 Å². The van der Waals surface area contributed by atoms with Gasteiger partial charge in [0.2, 0.25) is 0 Å². The minimum Gasteiger partial charge on any atom is -0.462 e. The van der Waals surface area contributed by atoms with E-state index in [1.165, 1.54) is 6.42 Å². The number of unbranched alkanes of at least 4 members (excludes halogenated alkanes) is 11. The molecule has 0 heterocycles. The number of esters is 2. The first kappa shape index (κ1) is 58.7. The molecule has 17 heteroatoms. The molecule has 15 nitrogen and oxygen atoms in total. The van der Waals surface area contributed by atoms with Crippen molar-refractivity contribution in [2.45, 2.75) is 180 Å². The summed E-state index contributed by atoms with van der Waals surface area (Å²) in [7, 11) is -9.74. The van der Waals surface area contributed by atoms with Gasteiger partial charge in [0.25, 0.3) is 0 Å². The zero-order valence-electron chi connectivity index (χ0n) is 36.7. The van der Waals surface area contributed by atoms with E-state index < -0.39 is 78.4 Å². The fourth-order valence-electron chi connectivity index (χ4n) is 5.60. The van der Waals surface area contributed by atoms with Crippen LogP contribution in [0.15, 0.2) is 60.8 Å². The summed E-state index contributed by atoms with van der Waals surface area (Å²) < 4.78 is 47.7. The number of rotatable bonds is 41. The Bertz CT molecular complexity index is 1340. The number of aliphatic hydroxyl groups is 3. The molecule has 0 radical (unpaired) electrons. The second-order valence-electron chi connectivity index (χ2n) is 14.9. The monoisotopic (exact) mass is 908 g/mol. The average Bonchev–Trinajstić information content (AvgIpc) is 3.21. The minimum absolute atomic E-state index is 0.0241. The number of allylic oxidation sites excluding steroid dienone is 9. The van der Waals surface area contributed by atoms with Gasteiger partial charge >= 0.3 is 27.6 Å². The van der Waals surface area contributed by atoms with Gasteiger partial charge < -0.3 is 39.5 Å². The van der Waals surface area contributed by atoms with Crippen molar-refractivity contribution < 1.29 is 71.8 Å². The maximum Gasteiger partial charge on any atom is 0.472 e. The summed E-state index contributed by atoms with van der Waals surface area (Å²) in [4.78, 5) is 52.7. The normalized spacial score (nSPS) is 15.6. The van der Waals surface area contributed by atoms with Crippen LogP contribution in [-0.4, -0.2) is 92.8 Å². The van der Waals surface area contributed by atoms with Crippen LogP contribution in [-0.2, 0) is 41.8 Å². The second-order valence-corrected chi connectivity index (χ2v) is 17.6. The first-order valence-electron chi connectivity index (χ1n) is 22.1. The van der Waals surface area contributed by atoms with E-state index in [2.05, 4.69) is 71.5 Å². The Morgan fingerprint density at radius 3 is 1.67 bits per heavy atom. The zero-order chi connectivity index (χ0) is 45.5. The van der Waals surface area contributed by atoms with Crippen LogP contribution in [0.3, 0.4) is 0 Å². The second kappa shape index (κ2) is 39.3. The van der Waals surface area contributed by atoms with Crippen molar-refractivity contribution in [1.29, 1.82) is 0 Å². The van der Waals surface area contributed by atoms with Crippen LogP contribution in [0.1, 0.15) is 155 Å². The summed E-state index contributed by atoms with van der Waals surface area (Å²) in [6.07, 6.45) is 33.7. The molecule has 0 rings (SSSR count). The van der Waals surface area contributed by atoms with Crippen molar-refractivity contribution in [3.05, 3.63) is 60.8 Å². The number of hydrogen-bond acceptors (Lipinski definition) is 12. The van der Waals surface area contributed by atoms with E-state index in [1.807, 2.05) is 12.2 Å². The molecular formula is C44H78O15P2. The van der Waals surface area contributed by atoms with Crippen LogP contribution < -0.4 is 0 Å². The largest absolute Gasteiger partial charge is 0.472 e. The summed E-state index contributed by atoms with van der Waals surface area (Å²) in [5.41, 5.74) is 0. The molecule has 0 aromatic carbocycles. The molecule has 6 N–H and O–H groups in total. The van der Waals surface area contributed by atoms with Gasteiger partial charge in [-0.25, -0.2) is 9.13 Å². The first-order valence-corrected chi connectivity index (χ1v) is 25.2. The maximum absolute atomic E-state index is 12.7. The molecule has 0 aromatic heterocycles. The Kier molecular flexibility index (Phi) is 37.9. The third-order valence-corrected chi connectivity index (χ3v) is 10.5. The van der Waals surface area contributed by atoms with Crippen molar-refractivity contribution >= 4 is 27.6 Å². The summed E-state index contributed by atoms with van der Waals surface area (Å²) in [6.45, 7) is 1.38. The van der Waals surface area contributed by atoms with Gasteiger partial charge in [0.05, 0.1) is 32.0 Å². The Labute approximate surface area is 365 Å². The van der Waals surface area contributed by atoms with E-state index in [-0.39, 0.29) is 12.8 Å². The van der Waals surface area contributed by atoms with Crippen LogP contribution in [0, 0.1) is 0 Å². The molecule has 0 saturated carbocycles. The van der Waals surface area contributed by atoms with E-state index in [9.17, 15) is 38.9 Å². The van der Waals surface area contributed by atoms with Gasteiger partial charge in [-0.3, -0.25) is 23.2 Å². The molecule has 0 aliphatic heterocycles. The number of ether oxygens (including phenoxy) is 2. The molecule has 61 heavy (non-hydrogen) atoms. The van der Waals surface area contributed by atoms with Crippen LogP contribution in [0.5, 0.6) is 0 Å². The van der Waals surface area contributed by atoms with Gasteiger partial charge in [-0.05, 0) is 77.0 Å². The Morgan fingerprint density at radius 2 is 1.05 bits per heavy atom. The molecule has 1 unspecified atom stereocenters. The third kappa shape index (κ3) is 41.5. The zero-order valence-corrected chi connectivity index (χ0v) is 38.5. The Morgan fingerprint density at radius 1 is 0.541 bits per heavy atom. The lowest BCUT2D eigenvalue weighted by molar-refractivity contribution is -0.161. The van der Waals surface area contributed by atoms with E-state index >= 15 is 0 Å². The molecule has 0 fully saturated rings. The molecule has 0 aromatic rings. The van der Waals surface area contributed by atoms with Crippen molar-refractivity contribution in [3.8, 4) is 0 Å². The summed E-state index contributed by atoms with van der Waals surface area (Å²) in [5.74, 6) is -1.17. The molecule has 5 atom stereocenters. The summed E-state index contributed by atoms with van der Waals surface area (Å²) >= 11 is 0. The van der Waals surface area contributed by atoms with E-state index in [0.29, 0.717) is 32.1 Å². The number of hydrogen-bond donors (Lipinski definition) is 6. The van der Waals surface area contributed by atoms with Gasteiger partial charge in [-0.1, -0.05) is 126 Å². The number of carbonyl (C=O) groups is 2. The fourth-order valence-corrected chi connectivity index (χ4v) is 6.75. The molecule has 354 valence electrons. The van der Waals surface area contributed by atoms with Gasteiger partial charge in [0, 0.05) is 12.8 Å². The van der Waals surface area contributed by atoms with Crippen molar-refractivity contribution in [2.75, 3.05) is 26.4 Å². The number of phosphoric acid groups is 2. The number of aliphatic hydroxyl groups excluding tert-OH is 3. The van der Waals surface area contributed by atoms with Crippen molar-refractivity contribution in [3.63, 3.8) is 0 Å². The topological polar surface area (TPSA) is 236 Å². The quantitative estimate of drug-likeness (QED) is 0.0145. The summed E-state index contributed by atoms with van der Waals surface area (Å²) in [5, 5.41) is 30.2. The third-order valence-electron chi connectivity index (χ3n) is 9.08. The van der Waals surface area contributed by atoms with Gasteiger partial charge in [-0.15, -0.1) is 0 Å². The van der Waals surface area contributed by atoms with Crippen molar-refractivity contribution in [1.82, 2.24) is 0 Å². The SMILES string of the molecule is CC/C=C\C/C=C\C/C=C\C/C=C\CCCCCCC(=O)OC[C@H](COP(=O)(O)OC[C@@H](O)COP(=O)(O)O)OC(=O)CCCCCCC[C@H](O)[C@@H](O)C/C=C\CCCCC. The molecular weight excluding hydrogens is 830 g/mol. The van der Waals surface area contributed by atoms with E-state index in [0.717, 1.165) is 89.9 Å². The average molecular weight is 909 g/mol. The highest BCUT2D eigenvalue weighted by atomic mass is 31.2. The Hall–Kier alpha value is -2.26. The standard InChI is InChI=1S/C44H78O15P2/c1-3-5-7-9-11-12-13-14-15-16-17-18-19-20-21-25-29-33-43(48)55-37-40(38-58-61(53,54)57-36-39(45)35-56-60(50,51)52)59-44(49)34-30-26-22-24-28-32-42(47)41(46)31-27-23-10-8-6-4-2/h5,7,11-12,14-15,17-18,23,27,39-42,45-47H,3-4,6,8-10,13,16,19-22,24-26,28-38H2,1-2H3,(H,53,54)(H2,50,51,52)/b7-5-,12-11-,15-14-,18-17-,27-23-/t39-,40+,41-,42-/m0/s1. The molecule has 0 saturated heterocycles. The smallest absolute Gasteiger partial charge is 0.462 e. The van der Waals surface area contributed by atoms with Gasteiger partial charge in [0.1, 0.15) is 12.7 Å². The number of phosphoric ester groups is 2. The molecule has 0 bridgehead atoms. The molecule has 0 amide bonds. The van der Waals surface area contributed by atoms with Crippen LogP contribution in [0.4, 0.5) is 0 Å². The molecule has 0 aliphatic carbocycles. The van der Waals surface area contributed by atoms with E-state index in [4.69, 9.17) is 23.8 Å². The lowest BCUT2D eigenvalue weighted by Gasteiger charge is -2.20. The molecule has 0 spiro atoms. The minimum atomic E-state index is -4.89. The fraction of sp³-hybridized carbons (Fsp3) is 0.727. The predicted octanol–water partition coefficient (Wildman–Crippen LogP) is 9.17. The maximum atomic E-state index is 12.7. The van der Waals surface area contributed by atoms with Gasteiger partial charge in [-0.2, -0.15) is 0 Å². The predicted molar refractivity (Wildman–Crippen MR) is 237 cm³/mol. The highest BCUT2D eigenvalue weighted by Crippen LogP contribution is 2.43. The van der Waals surface area contributed by atoms with Crippen LogP contribution in [0.25, 0.3) is 0 Å². The molecule has 0 aliphatic rings. The first-order chi connectivity index (χ1) is 29.2. The number of carbonyl (C=O) groups excluding carboxylic acids is 2.